The van der Waals surface area contributed by atoms with Crippen LogP contribution in [0.25, 0.3) is 0 Å². The minimum absolute atomic E-state index is 0.187. The van der Waals surface area contributed by atoms with Crippen LogP contribution in [0.1, 0.15) is 31.2 Å². The van der Waals surface area contributed by atoms with Crippen molar-refractivity contribution in [2.75, 3.05) is 17.1 Å². The lowest BCUT2D eigenvalue weighted by atomic mass is 9.95. The minimum atomic E-state index is -3.59. The Balaban J connectivity index is 1.38. The number of fused-ring (bicyclic) bond motifs is 2. The molecule has 1 N–H and O–H groups in total. The molecule has 2 aliphatic rings. The second-order valence-electron chi connectivity index (χ2n) is 8.39. The molecule has 6 nitrogen and oxygen atoms in total. The fraction of sp³-hybridized carbons (Fsp3) is 0.435. The zero-order chi connectivity index (χ0) is 21.1. The summed E-state index contributed by atoms with van der Waals surface area (Å²) in [6, 6.07) is 16.8. The molecule has 0 heterocycles. The van der Waals surface area contributed by atoms with Crippen LogP contribution in [0, 0.1) is 11.8 Å². The van der Waals surface area contributed by atoms with Crippen molar-refractivity contribution < 1.29 is 17.9 Å². The molecule has 0 saturated heterocycles. The molecule has 0 spiro atoms. The highest BCUT2D eigenvalue weighted by molar-refractivity contribution is 7.92. The fourth-order valence-corrected chi connectivity index (χ4v) is 5.51. The largest absolute Gasteiger partial charge is 0.489 e. The summed E-state index contributed by atoms with van der Waals surface area (Å²) in [5.41, 5.74) is 1.50. The Morgan fingerprint density at radius 3 is 2.40 bits per heavy atom. The first-order valence-corrected chi connectivity index (χ1v) is 12.3. The molecule has 0 aromatic heterocycles. The second kappa shape index (κ2) is 8.68. The highest BCUT2D eigenvalue weighted by Crippen LogP contribution is 2.44. The molecule has 4 rings (SSSR count). The summed E-state index contributed by atoms with van der Waals surface area (Å²) in [5, 5.41) is 3.06. The van der Waals surface area contributed by atoms with Gasteiger partial charge in [-0.05, 0) is 60.9 Å². The topological polar surface area (TPSA) is 75.7 Å². The van der Waals surface area contributed by atoms with Gasteiger partial charge in [0.05, 0.1) is 11.9 Å². The van der Waals surface area contributed by atoms with Gasteiger partial charge in [-0.2, -0.15) is 0 Å². The van der Waals surface area contributed by atoms with Gasteiger partial charge in [0, 0.05) is 6.04 Å². The number of nitrogens with one attached hydrogen (secondary N) is 1. The number of sulfonamides is 1. The Labute approximate surface area is 178 Å². The van der Waals surface area contributed by atoms with E-state index in [1.807, 2.05) is 30.3 Å². The third-order valence-electron chi connectivity index (χ3n) is 6.15. The lowest BCUT2D eigenvalue weighted by Gasteiger charge is -2.26. The first-order valence-electron chi connectivity index (χ1n) is 10.4. The van der Waals surface area contributed by atoms with Gasteiger partial charge >= 0.3 is 0 Å². The Morgan fingerprint density at radius 2 is 1.80 bits per heavy atom. The number of carbonyl (C=O) groups excluding carboxylic acids is 1. The molecular formula is C23H28N2O4S. The van der Waals surface area contributed by atoms with Crippen molar-refractivity contribution in [1.29, 1.82) is 0 Å². The van der Waals surface area contributed by atoms with E-state index in [0.29, 0.717) is 24.0 Å². The lowest BCUT2D eigenvalue weighted by molar-refractivity contribution is -0.120. The Kier molecular flexibility index (Phi) is 5.99. The highest BCUT2D eigenvalue weighted by Gasteiger charge is 2.40. The first-order chi connectivity index (χ1) is 14.4. The van der Waals surface area contributed by atoms with Crippen LogP contribution in [0.15, 0.2) is 54.6 Å². The number of hydrogen-bond donors (Lipinski definition) is 1. The Morgan fingerprint density at radius 1 is 1.07 bits per heavy atom. The van der Waals surface area contributed by atoms with Crippen molar-refractivity contribution >= 4 is 21.6 Å². The monoisotopic (exact) mass is 428 g/mol. The number of nitrogens with zero attached hydrogens (tertiary/aromatic N) is 1. The SMILES string of the molecule is CS(=O)(=O)N(CC(=O)N[C@@H]1C[C@@H]2CC[C@@H]1C2)c1ccc(OCc2ccccc2)cc1. The van der Waals surface area contributed by atoms with E-state index >= 15 is 0 Å². The van der Waals surface area contributed by atoms with Crippen molar-refractivity contribution in [2.24, 2.45) is 11.8 Å². The molecule has 2 aromatic carbocycles. The smallest absolute Gasteiger partial charge is 0.241 e. The van der Waals surface area contributed by atoms with Gasteiger partial charge in [0.25, 0.3) is 0 Å². The molecular weight excluding hydrogens is 400 g/mol. The van der Waals surface area contributed by atoms with Crippen LogP contribution in [0.3, 0.4) is 0 Å². The number of carbonyl (C=O) groups is 1. The third kappa shape index (κ3) is 4.95. The van der Waals surface area contributed by atoms with Gasteiger partial charge in [-0.3, -0.25) is 9.10 Å². The maximum Gasteiger partial charge on any atom is 0.241 e. The quantitative estimate of drug-likeness (QED) is 0.700. The van der Waals surface area contributed by atoms with Gasteiger partial charge in [0.15, 0.2) is 0 Å². The van der Waals surface area contributed by atoms with Crippen LogP contribution < -0.4 is 14.4 Å². The molecule has 1 amide bonds. The number of hydrogen-bond acceptors (Lipinski definition) is 4. The van der Waals surface area contributed by atoms with E-state index in [2.05, 4.69) is 5.32 Å². The molecule has 2 fully saturated rings. The maximum absolute atomic E-state index is 12.6. The average molecular weight is 429 g/mol. The van der Waals surface area contributed by atoms with Gasteiger partial charge in [-0.15, -0.1) is 0 Å². The van der Waals surface area contributed by atoms with Crippen LogP contribution >= 0.6 is 0 Å². The molecule has 3 atom stereocenters. The van der Waals surface area contributed by atoms with Gasteiger partial charge in [0.2, 0.25) is 15.9 Å². The van der Waals surface area contributed by atoms with Gasteiger partial charge in [-0.25, -0.2) is 8.42 Å². The van der Waals surface area contributed by atoms with Crippen LogP contribution in [0.5, 0.6) is 5.75 Å². The van der Waals surface area contributed by atoms with Crippen molar-refractivity contribution in [3.63, 3.8) is 0 Å². The average Bonchev–Trinajstić information content (AvgIpc) is 3.34. The zero-order valence-corrected chi connectivity index (χ0v) is 18.0. The molecule has 0 aliphatic heterocycles. The molecule has 7 heteroatoms. The highest BCUT2D eigenvalue weighted by atomic mass is 32.2. The van der Waals surface area contributed by atoms with E-state index in [9.17, 15) is 13.2 Å². The van der Waals surface area contributed by atoms with Gasteiger partial charge in [0.1, 0.15) is 18.9 Å². The summed E-state index contributed by atoms with van der Waals surface area (Å²) in [5.74, 6) is 1.66. The number of benzene rings is 2. The lowest BCUT2D eigenvalue weighted by Crippen LogP contribution is -2.45. The fourth-order valence-electron chi connectivity index (χ4n) is 4.65. The third-order valence-corrected chi connectivity index (χ3v) is 7.29. The summed E-state index contributed by atoms with van der Waals surface area (Å²) < 4.78 is 31.6. The van der Waals surface area contributed by atoms with E-state index in [-0.39, 0.29) is 18.5 Å². The van der Waals surface area contributed by atoms with Crippen molar-refractivity contribution in [1.82, 2.24) is 5.32 Å². The maximum atomic E-state index is 12.6. The minimum Gasteiger partial charge on any atom is -0.489 e. The molecule has 0 unspecified atom stereocenters. The molecule has 2 bridgehead atoms. The first kappa shape index (κ1) is 20.7. The van der Waals surface area contributed by atoms with Crippen LogP contribution in [-0.2, 0) is 21.4 Å². The van der Waals surface area contributed by atoms with Crippen molar-refractivity contribution in [2.45, 2.75) is 38.3 Å². The number of anilines is 1. The molecule has 2 saturated carbocycles. The van der Waals surface area contributed by atoms with E-state index in [1.54, 1.807) is 24.3 Å². The summed E-state index contributed by atoms with van der Waals surface area (Å²) in [4.78, 5) is 12.6. The van der Waals surface area contributed by atoms with E-state index in [4.69, 9.17) is 4.74 Å². The van der Waals surface area contributed by atoms with Crippen molar-refractivity contribution in [3.05, 3.63) is 60.2 Å². The molecule has 2 aliphatic carbocycles. The predicted octanol–water partition coefficient (Wildman–Crippen LogP) is 3.34. The number of rotatable bonds is 8. The zero-order valence-electron chi connectivity index (χ0n) is 17.2. The van der Waals surface area contributed by atoms with E-state index in [0.717, 1.165) is 34.9 Å². The number of ether oxygens (including phenoxy) is 1. The predicted molar refractivity (Wildman–Crippen MR) is 117 cm³/mol. The molecule has 30 heavy (non-hydrogen) atoms. The Bertz CT molecular complexity index is 976. The molecule has 2 aromatic rings. The normalized spacial score (nSPS) is 22.6. The van der Waals surface area contributed by atoms with E-state index in [1.165, 1.54) is 12.8 Å². The molecule has 160 valence electrons. The van der Waals surface area contributed by atoms with Crippen molar-refractivity contribution in [3.8, 4) is 5.75 Å². The molecule has 0 radical (unpaired) electrons. The number of amides is 1. The Hall–Kier alpha value is -2.54. The summed E-state index contributed by atoms with van der Waals surface area (Å²) in [7, 11) is -3.59. The van der Waals surface area contributed by atoms with Gasteiger partial charge in [-0.1, -0.05) is 36.8 Å². The summed E-state index contributed by atoms with van der Waals surface area (Å²) in [6.45, 7) is 0.221. The van der Waals surface area contributed by atoms with E-state index < -0.39 is 10.0 Å². The van der Waals surface area contributed by atoms with Gasteiger partial charge < -0.3 is 10.1 Å². The van der Waals surface area contributed by atoms with Crippen LogP contribution in [-0.4, -0.2) is 33.2 Å². The summed E-state index contributed by atoms with van der Waals surface area (Å²) in [6.07, 6.45) is 5.74. The van der Waals surface area contributed by atoms with Crippen LogP contribution in [0.4, 0.5) is 5.69 Å². The summed E-state index contributed by atoms with van der Waals surface area (Å²) >= 11 is 0. The standard InChI is InChI=1S/C23H28N2O4S/c1-30(27,28)25(15-23(26)24-22-14-18-7-8-19(22)13-18)20-9-11-21(12-10-20)29-16-17-5-3-2-4-6-17/h2-6,9-12,18-19,22H,7-8,13-16H2,1H3,(H,24,26)/t18-,19-,22-/m1/s1. The second-order valence-corrected chi connectivity index (χ2v) is 10.3. The van der Waals surface area contributed by atoms with Crippen LogP contribution in [0.2, 0.25) is 0 Å².